The average molecular weight is 273 g/mol. The van der Waals surface area contributed by atoms with Gasteiger partial charge in [0.2, 0.25) is 0 Å². The van der Waals surface area contributed by atoms with Gasteiger partial charge < -0.3 is 10.1 Å². The zero-order valence-electron chi connectivity index (χ0n) is 10.9. The highest BCUT2D eigenvalue weighted by Gasteiger charge is 2.30. The molecule has 1 aliphatic heterocycles. The molecule has 0 saturated carbocycles. The first-order valence-electron chi connectivity index (χ1n) is 6.63. The van der Waals surface area contributed by atoms with Crippen LogP contribution < -0.4 is 5.32 Å². The third-order valence-corrected chi connectivity index (χ3v) is 3.37. The van der Waals surface area contributed by atoms with Gasteiger partial charge in [-0.2, -0.15) is 0 Å². The number of halogens is 3. The van der Waals surface area contributed by atoms with Gasteiger partial charge in [-0.05, 0) is 25.8 Å². The molecule has 19 heavy (non-hydrogen) atoms. The Kier molecular flexibility index (Phi) is 4.82. The zero-order chi connectivity index (χ0) is 13.8. The minimum absolute atomic E-state index is 0.129. The smallest absolute Gasteiger partial charge is 0.133 e. The maximum absolute atomic E-state index is 13.9. The molecule has 1 aromatic carbocycles. The van der Waals surface area contributed by atoms with Crippen LogP contribution in [0.5, 0.6) is 0 Å². The molecule has 106 valence electrons. The Morgan fingerprint density at radius 1 is 1.26 bits per heavy atom. The summed E-state index contributed by atoms with van der Waals surface area (Å²) in [5.74, 6) is -2.63. The molecular weight excluding hydrogens is 255 g/mol. The van der Waals surface area contributed by atoms with Crippen LogP contribution in [0.4, 0.5) is 13.2 Å². The second kappa shape index (κ2) is 6.39. The number of benzene rings is 1. The fourth-order valence-corrected chi connectivity index (χ4v) is 2.52. The molecule has 1 heterocycles. The number of likely N-dealkylation sites (N-methyl/N-ethyl adjacent to an activating group) is 1. The fourth-order valence-electron chi connectivity index (χ4n) is 2.52. The van der Waals surface area contributed by atoms with Crippen molar-refractivity contribution in [3.05, 3.63) is 35.1 Å². The SMILES string of the molecule is CCNC(c1c(F)cc(F)cc1F)C1CCCCO1. The van der Waals surface area contributed by atoms with E-state index in [0.29, 0.717) is 25.3 Å². The molecule has 0 aromatic heterocycles. The number of hydrogen-bond acceptors (Lipinski definition) is 2. The summed E-state index contributed by atoms with van der Waals surface area (Å²) in [7, 11) is 0. The van der Waals surface area contributed by atoms with Gasteiger partial charge in [0.15, 0.2) is 0 Å². The van der Waals surface area contributed by atoms with Crippen LogP contribution in [0.2, 0.25) is 0 Å². The molecule has 5 heteroatoms. The summed E-state index contributed by atoms with van der Waals surface area (Å²) in [6.45, 7) is 3.01. The van der Waals surface area contributed by atoms with Gasteiger partial charge >= 0.3 is 0 Å². The minimum Gasteiger partial charge on any atom is -0.376 e. The number of rotatable bonds is 4. The van der Waals surface area contributed by atoms with Crippen molar-refractivity contribution in [1.82, 2.24) is 5.32 Å². The first-order chi connectivity index (χ1) is 9.13. The summed E-state index contributed by atoms with van der Waals surface area (Å²) in [6.07, 6.45) is 2.40. The third-order valence-electron chi connectivity index (χ3n) is 3.37. The lowest BCUT2D eigenvalue weighted by molar-refractivity contribution is -0.00935. The number of hydrogen-bond donors (Lipinski definition) is 1. The third kappa shape index (κ3) is 3.28. The molecule has 0 amide bonds. The highest BCUT2D eigenvalue weighted by molar-refractivity contribution is 5.25. The highest BCUT2D eigenvalue weighted by atomic mass is 19.1. The van der Waals surface area contributed by atoms with Crippen molar-refractivity contribution in [2.45, 2.75) is 38.3 Å². The Balaban J connectivity index is 2.32. The summed E-state index contributed by atoms with van der Waals surface area (Å²) < 4.78 is 46.3. The standard InChI is InChI=1S/C14H18F3NO/c1-2-18-14(12-5-3-4-6-19-12)13-10(16)7-9(15)8-11(13)17/h7-8,12,14,18H,2-6H2,1H3. The van der Waals surface area contributed by atoms with Crippen molar-refractivity contribution >= 4 is 0 Å². The summed E-state index contributed by atoms with van der Waals surface area (Å²) in [6, 6.07) is 0.850. The van der Waals surface area contributed by atoms with E-state index < -0.39 is 23.5 Å². The molecule has 2 unspecified atom stereocenters. The molecule has 0 spiro atoms. The van der Waals surface area contributed by atoms with Crippen LogP contribution in [0.15, 0.2) is 12.1 Å². The van der Waals surface area contributed by atoms with Gasteiger partial charge in [-0.15, -0.1) is 0 Å². The molecule has 1 N–H and O–H groups in total. The van der Waals surface area contributed by atoms with Crippen LogP contribution in [0.3, 0.4) is 0 Å². The van der Waals surface area contributed by atoms with Crippen molar-refractivity contribution in [2.24, 2.45) is 0 Å². The van der Waals surface area contributed by atoms with Gasteiger partial charge in [0, 0.05) is 24.3 Å². The van der Waals surface area contributed by atoms with Crippen molar-refractivity contribution in [3.8, 4) is 0 Å². The second-order valence-corrected chi connectivity index (χ2v) is 4.72. The maximum atomic E-state index is 13.9. The molecule has 2 atom stereocenters. The van der Waals surface area contributed by atoms with Crippen molar-refractivity contribution in [2.75, 3.05) is 13.2 Å². The Labute approximate surface area is 111 Å². The van der Waals surface area contributed by atoms with E-state index in [2.05, 4.69) is 5.32 Å². The van der Waals surface area contributed by atoms with Crippen molar-refractivity contribution in [1.29, 1.82) is 0 Å². The topological polar surface area (TPSA) is 21.3 Å². The number of ether oxygens (including phenoxy) is 1. The van der Waals surface area contributed by atoms with Crippen LogP contribution in [0.25, 0.3) is 0 Å². The Morgan fingerprint density at radius 2 is 1.95 bits per heavy atom. The number of nitrogens with one attached hydrogen (secondary N) is 1. The molecule has 1 aliphatic rings. The quantitative estimate of drug-likeness (QED) is 0.908. The molecule has 2 rings (SSSR count). The highest BCUT2D eigenvalue weighted by Crippen LogP contribution is 2.30. The second-order valence-electron chi connectivity index (χ2n) is 4.72. The zero-order valence-corrected chi connectivity index (χ0v) is 10.9. The largest absolute Gasteiger partial charge is 0.376 e. The van der Waals surface area contributed by atoms with Gasteiger partial charge in [0.05, 0.1) is 12.1 Å². The molecule has 2 nitrogen and oxygen atoms in total. The van der Waals surface area contributed by atoms with Crippen LogP contribution in [0, 0.1) is 17.5 Å². The van der Waals surface area contributed by atoms with Crippen molar-refractivity contribution in [3.63, 3.8) is 0 Å². The van der Waals surface area contributed by atoms with Crippen molar-refractivity contribution < 1.29 is 17.9 Å². The van der Waals surface area contributed by atoms with Gasteiger partial charge in [-0.3, -0.25) is 0 Å². The van der Waals surface area contributed by atoms with E-state index in [4.69, 9.17) is 4.74 Å². The monoisotopic (exact) mass is 273 g/mol. The normalized spacial score (nSPS) is 21.4. The minimum atomic E-state index is -0.904. The average Bonchev–Trinajstić information content (AvgIpc) is 2.37. The lowest BCUT2D eigenvalue weighted by Gasteiger charge is -2.31. The predicted octanol–water partition coefficient (Wildman–Crippen LogP) is 3.32. The van der Waals surface area contributed by atoms with E-state index in [1.54, 1.807) is 0 Å². The Hall–Kier alpha value is -1.07. The summed E-state index contributed by atoms with van der Waals surface area (Å²) in [5.41, 5.74) is -0.129. The van der Waals surface area contributed by atoms with Crippen LogP contribution in [0.1, 0.15) is 37.8 Å². The summed E-state index contributed by atoms with van der Waals surface area (Å²) in [5, 5.41) is 3.04. The lowest BCUT2D eigenvalue weighted by atomic mass is 9.94. The van der Waals surface area contributed by atoms with E-state index in [0.717, 1.165) is 19.3 Å². The predicted molar refractivity (Wildman–Crippen MR) is 66.3 cm³/mol. The van der Waals surface area contributed by atoms with Crippen LogP contribution in [-0.4, -0.2) is 19.3 Å². The molecule has 1 aromatic rings. The Bertz CT molecular complexity index is 410. The molecule has 1 saturated heterocycles. The maximum Gasteiger partial charge on any atom is 0.133 e. The van der Waals surface area contributed by atoms with Gasteiger partial charge in [0.1, 0.15) is 17.5 Å². The van der Waals surface area contributed by atoms with E-state index in [9.17, 15) is 13.2 Å². The van der Waals surface area contributed by atoms with Gasteiger partial charge in [-0.1, -0.05) is 6.92 Å². The first-order valence-corrected chi connectivity index (χ1v) is 6.63. The summed E-state index contributed by atoms with van der Waals surface area (Å²) >= 11 is 0. The Morgan fingerprint density at radius 3 is 2.47 bits per heavy atom. The molecule has 1 fully saturated rings. The first kappa shape index (κ1) is 14.3. The van der Waals surface area contributed by atoms with E-state index >= 15 is 0 Å². The fraction of sp³-hybridized carbons (Fsp3) is 0.571. The molecular formula is C14H18F3NO. The van der Waals surface area contributed by atoms with E-state index in [-0.39, 0.29) is 11.7 Å². The molecule has 0 radical (unpaired) electrons. The lowest BCUT2D eigenvalue weighted by Crippen LogP contribution is -2.37. The van der Waals surface area contributed by atoms with Crippen LogP contribution in [-0.2, 0) is 4.74 Å². The molecule has 0 bridgehead atoms. The summed E-state index contributed by atoms with van der Waals surface area (Å²) in [4.78, 5) is 0. The molecule has 0 aliphatic carbocycles. The van der Waals surface area contributed by atoms with Gasteiger partial charge in [0.25, 0.3) is 0 Å². The van der Waals surface area contributed by atoms with E-state index in [1.165, 1.54) is 0 Å². The van der Waals surface area contributed by atoms with Gasteiger partial charge in [-0.25, -0.2) is 13.2 Å². The van der Waals surface area contributed by atoms with Crippen LogP contribution >= 0.6 is 0 Å². The van der Waals surface area contributed by atoms with E-state index in [1.807, 2.05) is 6.92 Å².